The van der Waals surface area contributed by atoms with E-state index in [0.29, 0.717) is 22.8 Å². The lowest BCUT2D eigenvalue weighted by Gasteiger charge is -2.25. The number of nitrogens with one attached hydrogen (secondary N) is 1. The van der Waals surface area contributed by atoms with E-state index in [1.165, 1.54) is 25.0 Å². The molecule has 0 bridgehead atoms. The Bertz CT molecular complexity index is 1010. The molecule has 10 heteroatoms. The third-order valence-corrected chi connectivity index (χ3v) is 8.61. The predicted molar refractivity (Wildman–Crippen MR) is 129 cm³/mol. The number of pyridine rings is 1. The number of ether oxygens (including phenoxy) is 1. The number of aromatic nitrogens is 1. The van der Waals surface area contributed by atoms with Crippen molar-refractivity contribution in [2.24, 2.45) is 11.3 Å². The quantitative estimate of drug-likeness (QED) is 0.392. The molecule has 0 amide bonds. The molecular formula is C23H26Cl2F2N4OS. The zero-order chi connectivity index (χ0) is 23.0. The van der Waals surface area contributed by atoms with Crippen molar-refractivity contribution >= 4 is 46.7 Å². The van der Waals surface area contributed by atoms with Crippen molar-refractivity contribution in [3.8, 4) is 0 Å². The van der Waals surface area contributed by atoms with Crippen molar-refractivity contribution in [1.29, 1.82) is 0 Å². The lowest BCUT2D eigenvalue weighted by atomic mass is 9.87. The highest BCUT2D eigenvalue weighted by molar-refractivity contribution is 8.00. The Labute approximate surface area is 206 Å². The monoisotopic (exact) mass is 514 g/mol. The van der Waals surface area contributed by atoms with Gasteiger partial charge in [0.25, 0.3) is 0 Å². The second kappa shape index (κ2) is 9.74. The van der Waals surface area contributed by atoms with E-state index in [1.54, 1.807) is 6.07 Å². The summed E-state index contributed by atoms with van der Waals surface area (Å²) in [5.74, 6) is -0.0965. The Morgan fingerprint density at radius 3 is 2.88 bits per heavy atom. The van der Waals surface area contributed by atoms with Gasteiger partial charge in [0.05, 0.1) is 28.4 Å². The summed E-state index contributed by atoms with van der Waals surface area (Å²) >= 11 is 13.8. The number of hydrogen-bond donors (Lipinski definition) is 1. The van der Waals surface area contributed by atoms with Crippen LogP contribution in [0.15, 0.2) is 29.3 Å². The zero-order valence-electron chi connectivity index (χ0n) is 18.1. The molecule has 0 radical (unpaired) electrons. The molecular weight excluding hydrogens is 489 g/mol. The van der Waals surface area contributed by atoms with Crippen LogP contribution in [0.3, 0.4) is 0 Å². The van der Waals surface area contributed by atoms with E-state index >= 15 is 4.39 Å². The van der Waals surface area contributed by atoms with Crippen molar-refractivity contribution in [2.45, 2.75) is 24.2 Å². The van der Waals surface area contributed by atoms with Gasteiger partial charge in [0.1, 0.15) is 16.7 Å². The molecule has 0 saturated carbocycles. The first kappa shape index (κ1) is 23.4. The van der Waals surface area contributed by atoms with Crippen LogP contribution in [0, 0.1) is 23.0 Å². The third-order valence-electron chi connectivity index (χ3n) is 6.93. The first-order chi connectivity index (χ1) is 15.9. The van der Waals surface area contributed by atoms with Gasteiger partial charge in [-0.2, -0.15) is 0 Å². The van der Waals surface area contributed by atoms with Crippen LogP contribution in [0.1, 0.15) is 19.3 Å². The third kappa shape index (κ3) is 5.05. The molecule has 33 heavy (non-hydrogen) atoms. The van der Waals surface area contributed by atoms with Gasteiger partial charge in [-0.3, -0.25) is 0 Å². The van der Waals surface area contributed by atoms with Gasteiger partial charge in [-0.15, -0.1) is 0 Å². The molecule has 5 nitrogen and oxygen atoms in total. The molecule has 1 N–H and O–H groups in total. The number of hydrogen-bond acceptors (Lipinski definition) is 6. The Morgan fingerprint density at radius 2 is 2.12 bits per heavy atom. The highest BCUT2D eigenvalue weighted by Gasteiger charge is 2.42. The average Bonchev–Trinajstić information content (AvgIpc) is 3.55. The van der Waals surface area contributed by atoms with Crippen LogP contribution >= 0.6 is 35.1 Å². The van der Waals surface area contributed by atoms with Gasteiger partial charge >= 0.3 is 0 Å². The number of nitrogens with zero attached hydrogens (tertiary/aromatic N) is 3. The maximum atomic E-state index is 15.1. The Morgan fingerprint density at radius 1 is 1.24 bits per heavy atom. The SMILES string of the molecule is Fc1ccc(NSc2c(Cl)cc(N3CC[C@@H](CN4CCC5(CCOC5)C4)C3)c(Cl)c2F)nc1. The summed E-state index contributed by atoms with van der Waals surface area (Å²) in [5.41, 5.74) is 0.997. The van der Waals surface area contributed by atoms with E-state index in [9.17, 15) is 4.39 Å². The summed E-state index contributed by atoms with van der Waals surface area (Å²) in [6.07, 6.45) is 4.52. The molecule has 4 heterocycles. The van der Waals surface area contributed by atoms with Crippen LogP contribution in [-0.2, 0) is 4.74 Å². The molecule has 2 aromatic rings. The molecule has 1 aromatic carbocycles. The average molecular weight is 515 g/mol. The summed E-state index contributed by atoms with van der Waals surface area (Å²) in [6, 6.07) is 4.48. The largest absolute Gasteiger partial charge is 0.381 e. The Hall–Kier alpha value is -1.32. The number of rotatable bonds is 6. The van der Waals surface area contributed by atoms with E-state index in [-0.39, 0.29) is 14.9 Å². The van der Waals surface area contributed by atoms with Gasteiger partial charge in [0, 0.05) is 38.2 Å². The van der Waals surface area contributed by atoms with E-state index in [0.717, 1.165) is 70.5 Å². The smallest absolute Gasteiger partial charge is 0.160 e. The van der Waals surface area contributed by atoms with Gasteiger partial charge in [-0.25, -0.2) is 13.8 Å². The Kier molecular flexibility index (Phi) is 6.91. The molecule has 5 rings (SSSR count). The maximum absolute atomic E-state index is 15.1. The van der Waals surface area contributed by atoms with Gasteiger partial charge in [0.2, 0.25) is 0 Å². The summed E-state index contributed by atoms with van der Waals surface area (Å²) in [6.45, 7) is 6.74. The fourth-order valence-electron chi connectivity index (χ4n) is 5.15. The second-order valence-corrected chi connectivity index (χ2v) is 10.9. The van der Waals surface area contributed by atoms with E-state index in [1.807, 2.05) is 0 Å². The molecule has 0 aliphatic carbocycles. The zero-order valence-corrected chi connectivity index (χ0v) is 20.5. The van der Waals surface area contributed by atoms with Crippen LogP contribution in [0.2, 0.25) is 10.0 Å². The predicted octanol–water partition coefficient (Wildman–Crippen LogP) is 5.72. The fraction of sp³-hybridized carbons (Fsp3) is 0.522. The summed E-state index contributed by atoms with van der Waals surface area (Å²) in [4.78, 5) is 8.79. The van der Waals surface area contributed by atoms with Crippen molar-refractivity contribution in [1.82, 2.24) is 9.88 Å². The van der Waals surface area contributed by atoms with Crippen LogP contribution in [0.25, 0.3) is 0 Å². The molecule has 1 aromatic heterocycles. The molecule has 178 valence electrons. The molecule has 1 unspecified atom stereocenters. The first-order valence-corrected chi connectivity index (χ1v) is 12.8. The van der Waals surface area contributed by atoms with E-state index in [2.05, 4.69) is 19.5 Å². The molecule has 1 spiro atoms. The number of anilines is 2. The van der Waals surface area contributed by atoms with Crippen molar-refractivity contribution in [3.05, 3.63) is 46.1 Å². The molecule has 2 atom stereocenters. The van der Waals surface area contributed by atoms with Crippen molar-refractivity contribution in [2.75, 3.05) is 55.6 Å². The minimum atomic E-state index is -0.565. The van der Waals surface area contributed by atoms with Gasteiger partial charge in [-0.1, -0.05) is 23.2 Å². The second-order valence-electron chi connectivity index (χ2n) is 9.29. The number of benzene rings is 1. The lowest BCUT2D eigenvalue weighted by Crippen LogP contribution is -2.32. The van der Waals surface area contributed by atoms with Gasteiger partial charge < -0.3 is 19.3 Å². The van der Waals surface area contributed by atoms with Crippen molar-refractivity contribution in [3.63, 3.8) is 0 Å². The van der Waals surface area contributed by atoms with Crippen LogP contribution < -0.4 is 9.62 Å². The van der Waals surface area contributed by atoms with Crippen molar-refractivity contribution < 1.29 is 13.5 Å². The first-order valence-electron chi connectivity index (χ1n) is 11.2. The molecule has 3 saturated heterocycles. The number of likely N-dealkylation sites (tertiary alicyclic amines) is 1. The topological polar surface area (TPSA) is 40.6 Å². The fourth-order valence-corrected chi connectivity index (χ4v) is 6.45. The highest BCUT2D eigenvalue weighted by Crippen LogP contribution is 2.42. The summed E-state index contributed by atoms with van der Waals surface area (Å²) in [7, 11) is 0. The highest BCUT2D eigenvalue weighted by atomic mass is 35.5. The number of halogens is 4. The van der Waals surface area contributed by atoms with Gasteiger partial charge in [0.15, 0.2) is 5.82 Å². The van der Waals surface area contributed by atoms with E-state index in [4.69, 9.17) is 27.9 Å². The standard InChI is InChI=1S/C23H26Cl2F2N4OS/c24-17-9-18(20(25)21(27)22(17)33-29-19-2-1-16(26)10-28-19)31-6-3-15(12-31)11-30-7-4-23(13-30)5-8-32-14-23/h1-2,9-10,15H,3-8,11-14H2,(H,28,29)/t15-,23?/m0/s1. The minimum Gasteiger partial charge on any atom is -0.381 e. The summed E-state index contributed by atoms with van der Waals surface area (Å²) < 4.78 is 36.7. The molecule has 3 fully saturated rings. The Balaban J connectivity index is 1.22. The van der Waals surface area contributed by atoms with Crippen LogP contribution in [0.4, 0.5) is 20.3 Å². The normalized spacial score (nSPS) is 25.5. The maximum Gasteiger partial charge on any atom is 0.160 e. The van der Waals surface area contributed by atoms with Crippen LogP contribution in [-0.4, -0.2) is 55.8 Å². The lowest BCUT2D eigenvalue weighted by molar-refractivity contribution is 0.150. The van der Waals surface area contributed by atoms with Crippen LogP contribution in [0.5, 0.6) is 0 Å². The minimum absolute atomic E-state index is 0.0691. The van der Waals surface area contributed by atoms with E-state index < -0.39 is 11.6 Å². The summed E-state index contributed by atoms with van der Waals surface area (Å²) in [5, 5.41) is 0.345. The van der Waals surface area contributed by atoms with Gasteiger partial charge in [-0.05, 0) is 61.9 Å². The molecule has 3 aliphatic heterocycles. The molecule has 3 aliphatic rings.